The largest absolute Gasteiger partial charge is 0.494 e. The van der Waals surface area contributed by atoms with E-state index < -0.39 is 0 Å². The first kappa shape index (κ1) is 21.8. The molecule has 0 unspecified atom stereocenters. The number of carbonyl (C=O) groups is 1. The van der Waals surface area contributed by atoms with Crippen molar-refractivity contribution >= 4 is 11.7 Å². The number of hydrogen-bond donors (Lipinski definition) is 1. The second kappa shape index (κ2) is 9.10. The van der Waals surface area contributed by atoms with Crippen molar-refractivity contribution in [2.75, 3.05) is 11.9 Å². The maximum absolute atomic E-state index is 13.8. The molecule has 0 fully saturated rings. The topological polar surface area (TPSA) is 46.5 Å². The summed E-state index contributed by atoms with van der Waals surface area (Å²) >= 11 is 0. The van der Waals surface area contributed by atoms with Crippen molar-refractivity contribution in [1.82, 2.24) is 9.47 Å². The molecule has 34 heavy (non-hydrogen) atoms. The highest BCUT2D eigenvalue weighted by Gasteiger charge is 2.33. The van der Waals surface area contributed by atoms with Gasteiger partial charge in [0.15, 0.2) is 0 Å². The van der Waals surface area contributed by atoms with Crippen LogP contribution in [0.4, 0.5) is 10.5 Å². The Morgan fingerprint density at radius 3 is 2.53 bits per heavy atom. The van der Waals surface area contributed by atoms with Crippen molar-refractivity contribution in [3.63, 3.8) is 0 Å². The highest BCUT2D eigenvalue weighted by atomic mass is 16.5. The summed E-state index contributed by atoms with van der Waals surface area (Å²) in [5, 5.41) is 3.15. The SMILES string of the molecule is CCOc1ccc([C@@H]2c3cccn3-c3ccccc3CN2C(=O)Nc2ccc(C)c(C)c2)cc1. The lowest BCUT2D eigenvalue weighted by Gasteiger charge is -2.31. The fourth-order valence-electron chi connectivity index (χ4n) is 4.62. The van der Waals surface area contributed by atoms with Crippen LogP contribution in [0.5, 0.6) is 5.75 Å². The van der Waals surface area contributed by atoms with E-state index in [9.17, 15) is 4.79 Å². The van der Waals surface area contributed by atoms with Crippen LogP contribution in [0.25, 0.3) is 5.69 Å². The maximum Gasteiger partial charge on any atom is 0.322 e. The van der Waals surface area contributed by atoms with Gasteiger partial charge in [0, 0.05) is 17.6 Å². The summed E-state index contributed by atoms with van der Waals surface area (Å²) in [7, 11) is 0. The Bertz CT molecular complexity index is 1320. The summed E-state index contributed by atoms with van der Waals surface area (Å²) in [6.45, 7) is 7.21. The minimum absolute atomic E-state index is 0.133. The lowest BCUT2D eigenvalue weighted by atomic mass is 10.0. The van der Waals surface area contributed by atoms with Gasteiger partial charge in [0.1, 0.15) is 5.75 Å². The molecular formula is C29H29N3O2. The number of fused-ring (bicyclic) bond motifs is 3. The van der Waals surface area contributed by atoms with Crippen molar-refractivity contribution in [2.24, 2.45) is 0 Å². The van der Waals surface area contributed by atoms with E-state index in [0.717, 1.165) is 39.5 Å². The molecule has 5 rings (SSSR count). The molecule has 1 N–H and O–H groups in total. The predicted molar refractivity (Wildman–Crippen MR) is 136 cm³/mol. The molecule has 2 amide bonds. The second-order valence-electron chi connectivity index (χ2n) is 8.69. The van der Waals surface area contributed by atoms with Crippen molar-refractivity contribution in [3.05, 3.63) is 113 Å². The van der Waals surface area contributed by atoms with Crippen molar-refractivity contribution in [3.8, 4) is 11.4 Å². The molecule has 1 aliphatic rings. The molecular weight excluding hydrogens is 422 g/mol. The molecule has 0 radical (unpaired) electrons. The van der Waals surface area contributed by atoms with Gasteiger partial charge in [0.05, 0.1) is 24.9 Å². The molecule has 0 spiro atoms. The summed E-state index contributed by atoms with van der Waals surface area (Å²) in [6, 6.07) is 26.1. The number of urea groups is 1. The van der Waals surface area contributed by atoms with E-state index in [4.69, 9.17) is 4.74 Å². The zero-order chi connectivity index (χ0) is 23.7. The highest BCUT2D eigenvalue weighted by molar-refractivity contribution is 5.90. The number of para-hydroxylation sites is 1. The number of nitrogens with one attached hydrogen (secondary N) is 1. The van der Waals surface area contributed by atoms with Crippen LogP contribution in [0.2, 0.25) is 0 Å². The fraction of sp³-hybridized carbons (Fsp3) is 0.207. The average Bonchev–Trinajstić information content (AvgIpc) is 3.27. The number of amides is 2. The van der Waals surface area contributed by atoms with Gasteiger partial charge in [-0.05, 0) is 85.5 Å². The van der Waals surface area contributed by atoms with E-state index in [1.54, 1.807) is 0 Å². The van der Waals surface area contributed by atoms with Gasteiger partial charge in [0.2, 0.25) is 0 Å². The lowest BCUT2D eigenvalue weighted by Crippen LogP contribution is -2.37. The highest BCUT2D eigenvalue weighted by Crippen LogP contribution is 2.37. The summed E-state index contributed by atoms with van der Waals surface area (Å²) in [5.74, 6) is 0.824. The number of nitrogens with zero attached hydrogens (tertiary/aromatic N) is 2. The van der Waals surface area contributed by atoms with Crippen LogP contribution >= 0.6 is 0 Å². The van der Waals surface area contributed by atoms with Crippen LogP contribution in [0.3, 0.4) is 0 Å². The number of ether oxygens (including phenoxy) is 1. The Hall–Kier alpha value is -3.99. The molecule has 172 valence electrons. The summed E-state index contributed by atoms with van der Waals surface area (Å²) in [4.78, 5) is 15.7. The van der Waals surface area contributed by atoms with Crippen LogP contribution < -0.4 is 10.1 Å². The molecule has 4 aromatic rings. The van der Waals surface area contributed by atoms with Gasteiger partial charge in [-0.3, -0.25) is 0 Å². The van der Waals surface area contributed by atoms with Gasteiger partial charge in [0.25, 0.3) is 0 Å². The maximum atomic E-state index is 13.8. The Morgan fingerprint density at radius 2 is 1.76 bits per heavy atom. The molecule has 3 aromatic carbocycles. The Kier molecular flexibility index (Phi) is 5.84. The average molecular weight is 452 g/mol. The summed E-state index contributed by atoms with van der Waals surface area (Å²) < 4.78 is 7.85. The molecule has 0 aliphatic carbocycles. The molecule has 0 saturated carbocycles. The normalized spacial score (nSPS) is 14.7. The van der Waals surface area contributed by atoms with Crippen LogP contribution in [0, 0.1) is 13.8 Å². The number of aromatic nitrogens is 1. The lowest BCUT2D eigenvalue weighted by molar-refractivity contribution is 0.194. The third-order valence-electron chi connectivity index (χ3n) is 6.49. The Morgan fingerprint density at radius 1 is 0.971 bits per heavy atom. The fourth-order valence-corrected chi connectivity index (χ4v) is 4.62. The molecule has 5 heteroatoms. The quantitative estimate of drug-likeness (QED) is 0.378. The second-order valence-corrected chi connectivity index (χ2v) is 8.69. The Labute approximate surface area is 200 Å². The van der Waals surface area contributed by atoms with E-state index in [1.807, 2.05) is 60.4 Å². The van der Waals surface area contributed by atoms with Crippen LogP contribution in [0.1, 0.15) is 40.9 Å². The van der Waals surface area contributed by atoms with E-state index in [2.05, 4.69) is 60.3 Å². The van der Waals surface area contributed by atoms with E-state index >= 15 is 0 Å². The summed E-state index contributed by atoms with van der Waals surface area (Å²) in [5.41, 5.74) is 7.42. The number of anilines is 1. The number of aryl methyl sites for hydroxylation is 2. The van der Waals surface area contributed by atoms with Gasteiger partial charge in [-0.1, -0.05) is 36.4 Å². The first-order valence-corrected chi connectivity index (χ1v) is 11.7. The molecule has 1 atom stereocenters. The third kappa shape index (κ3) is 4.05. The minimum Gasteiger partial charge on any atom is -0.494 e. The van der Waals surface area contributed by atoms with E-state index in [1.165, 1.54) is 5.56 Å². The Balaban J connectivity index is 1.59. The first-order chi connectivity index (χ1) is 16.5. The van der Waals surface area contributed by atoms with E-state index in [0.29, 0.717) is 13.2 Å². The molecule has 2 heterocycles. The zero-order valence-corrected chi connectivity index (χ0v) is 19.8. The van der Waals surface area contributed by atoms with Gasteiger partial charge in [-0.25, -0.2) is 4.79 Å². The third-order valence-corrected chi connectivity index (χ3v) is 6.49. The monoisotopic (exact) mass is 451 g/mol. The van der Waals surface area contributed by atoms with Gasteiger partial charge in [-0.15, -0.1) is 0 Å². The molecule has 0 saturated heterocycles. The van der Waals surface area contributed by atoms with Crippen molar-refractivity contribution < 1.29 is 9.53 Å². The van der Waals surface area contributed by atoms with Crippen molar-refractivity contribution in [1.29, 1.82) is 0 Å². The predicted octanol–water partition coefficient (Wildman–Crippen LogP) is 6.63. The number of hydrogen-bond acceptors (Lipinski definition) is 2. The van der Waals surface area contributed by atoms with Crippen LogP contribution in [0.15, 0.2) is 85.1 Å². The number of benzene rings is 3. The van der Waals surface area contributed by atoms with Crippen molar-refractivity contribution in [2.45, 2.75) is 33.4 Å². The molecule has 0 bridgehead atoms. The summed E-state index contributed by atoms with van der Waals surface area (Å²) in [6.07, 6.45) is 2.07. The minimum atomic E-state index is -0.260. The number of rotatable bonds is 4. The molecule has 1 aliphatic heterocycles. The van der Waals surface area contributed by atoms with E-state index in [-0.39, 0.29) is 12.1 Å². The van der Waals surface area contributed by atoms with Gasteiger partial charge < -0.3 is 19.5 Å². The zero-order valence-electron chi connectivity index (χ0n) is 19.8. The standard InChI is InChI=1S/C29H29N3O2/c1-4-34-25-15-12-22(13-16-25)28-27-10-7-17-31(27)26-9-6-5-8-23(26)19-32(28)29(33)30-24-14-11-20(2)21(3)18-24/h5-18,28H,4,19H2,1-3H3,(H,30,33)/t28-/m1/s1. The van der Waals surface area contributed by atoms with Gasteiger partial charge >= 0.3 is 6.03 Å². The van der Waals surface area contributed by atoms with Gasteiger partial charge in [-0.2, -0.15) is 0 Å². The first-order valence-electron chi connectivity index (χ1n) is 11.7. The molecule has 5 nitrogen and oxygen atoms in total. The smallest absolute Gasteiger partial charge is 0.322 e. The van der Waals surface area contributed by atoms with Crippen LogP contribution in [-0.4, -0.2) is 22.1 Å². The molecule has 1 aromatic heterocycles. The number of carbonyl (C=O) groups excluding carboxylic acids is 1. The van der Waals surface area contributed by atoms with Crippen LogP contribution in [-0.2, 0) is 6.54 Å².